The maximum atomic E-state index is 12.9. The van der Waals surface area contributed by atoms with Gasteiger partial charge in [0.15, 0.2) is 0 Å². The highest BCUT2D eigenvalue weighted by atomic mass is 16.3. The molecule has 2 heterocycles. The largest absolute Gasteiger partial charge is 0.465 e. The van der Waals surface area contributed by atoms with Gasteiger partial charge in [0, 0.05) is 24.7 Å². The third-order valence-corrected chi connectivity index (χ3v) is 4.24. The van der Waals surface area contributed by atoms with Crippen molar-refractivity contribution >= 4 is 17.9 Å². The van der Waals surface area contributed by atoms with Crippen LogP contribution in [0.3, 0.4) is 0 Å². The SMILES string of the molecule is O=C(NC(=Cc1ccco1)C(=O)N1CCCCCC1)c1ccccc1. The van der Waals surface area contributed by atoms with Crippen LogP contribution in [0, 0.1) is 0 Å². The molecule has 25 heavy (non-hydrogen) atoms. The van der Waals surface area contributed by atoms with E-state index in [1.165, 1.54) is 0 Å². The summed E-state index contributed by atoms with van der Waals surface area (Å²) in [6.45, 7) is 1.44. The Morgan fingerprint density at radius 2 is 1.68 bits per heavy atom. The van der Waals surface area contributed by atoms with Gasteiger partial charge in [-0.2, -0.15) is 0 Å². The minimum Gasteiger partial charge on any atom is -0.465 e. The van der Waals surface area contributed by atoms with Crippen molar-refractivity contribution < 1.29 is 14.0 Å². The van der Waals surface area contributed by atoms with Gasteiger partial charge in [-0.3, -0.25) is 9.59 Å². The van der Waals surface area contributed by atoms with E-state index in [2.05, 4.69) is 5.32 Å². The van der Waals surface area contributed by atoms with Crippen LogP contribution in [0.25, 0.3) is 6.08 Å². The fourth-order valence-corrected chi connectivity index (χ4v) is 2.90. The van der Waals surface area contributed by atoms with E-state index in [1.54, 1.807) is 48.7 Å². The molecule has 0 atom stereocenters. The zero-order valence-electron chi connectivity index (χ0n) is 14.1. The predicted molar refractivity (Wildman–Crippen MR) is 95.6 cm³/mol. The van der Waals surface area contributed by atoms with Gasteiger partial charge in [-0.1, -0.05) is 31.0 Å². The molecular formula is C20H22N2O3. The lowest BCUT2D eigenvalue weighted by Gasteiger charge is -2.22. The van der Waals surface area contributed by atoms with E-state index in [4.69, 9.17) is 4.42 Å². The molecule has 0 spiro atoms. The number of furan rings is 1. The lowest BCUT2D eigenvalue weighted by molar-refractivity contribution is -0.127. The fourth-order valence-electron chi connectivity index (χ4n) is 2.90. The number of benzene rings is 1. The molecule has 1 fully saturated rings. The first-order chi connectivity index (χ1) is 12.2. The highest BCUT2D eigenvalue weighted by Crippen LogP contribution is 2.14. The van der Waals surface area contributed by atoms with Crippen LogP contribution in [0.4, 0.5) is 0 Å². The average Bonchev–Trinajstić information content (AvgIpc) is 3.00. The smallest absolute Gasteiger partial charge is 0.270 e. The van der Waals surface area contributed by atoms with Crippen LogP contribution < -0.4 is 5.32 Å². The Morgan fingerprint density at radius 1 is 0.960 bits per heavy atom. The molecule has 1 saturated heterocycles. The van der Waals surface area contributed by atoms with E-state index in [0.717, 1.165) is 38.8 Å². The van der Waals surface area contributed by atoms with Crippen LogP contribution in [0.5, 0.6) is 0 Å². The molecule has 1 aromatic carbocycles. The lowest BCUT2D eigenvalue weighted by atomic mass is 10.2. The summed E-state index contributed by atoms with van der Waals surface area (Å²) in [5.41, 5.74) is 0.752. The first-order valence-corrected chi connectivity index (χ1v) is 8.65. The van der Waals surface area contributed by atoms with Crippen molar-refractivity contribution in [2.45, 2.75) is 25.7 Å². The molecule has 5 nitrogen and oxygen atoms in total. The molecule has 1 aromatic heterocycles. The number of carbonyl (C=O) groups is 2. The first kappa shape index (κ1) is 17.0. The normalized spacial score (nSPS) is 15.5. The quantitative estimate of drug-likeness (QED) is 0.869. The van der Waals surface area contributed by atoms with Crippen LogP contribution in [0.2, 0.25) is 0 Å². The topological polar surface area (TPSA) is 62.6 Å². The number of rotatable bonds is 4. The van der Waals surface area contributed by atoms with Crippen molar-refractivity contribution in [1.29, 1.82) is 0 Å². The van der Waals surface area contributed by atoms with E-state index < -0.39 is 0 Å². The molecule has 1 aliphatic rings. The van der Waals surface area contributed by atoms with Crippen LogP contribution in [-0.4, -0.2) is 29.8 Å². The van der Waals surface area contributed by atoms with Crippen molar-refractivity contribution in [3.63, 3.8) is 0 Å². The van der Waals surface area contributed by atoms with Gasteiger partial charge >= 0.3 is 0 Å². The Bertz CT molecular complexity index is 728. The first-order valence-electron chi connectivity index (χ1n) is 8.65. The Balaban J connectivity index is 1.82. The van der Waals surface area contributed by atoms with Gasteiger partial charge in [0.2, 0.25) is 0 Å². The second kappa shape index (κ2) is 8.33. The molecular weight excluding hydrogens is 316 g/mol. The molecule has 1 aliphatic heterocycles. The Morgan fingerprint density at radius 3 is 2.32 bits per heavy atom. The van der Waals surface area contributed by atoms with E-state index in [9.17, 15) is 9.59 Å². The Labute approximate surface area is 147 Å². The predicted octanol–water partition coefficient (Wildman–Crippen LogP) is 3.45. The summed E-state index contributed by atoms with van der Waals surface area (Å²) in [6, 6.07) is 12.4. The zero-order chi connectivity index (χ0) is 17.5. The number of nitrogens with one attached hydrogen (secondary N) is 1. The molecule has 0 radical (unpaired) electrons. The van der Waals surface area contributed by atoms with Crippen molar-refractivity contribution in [2.75, 3.05) is 13.1 Å². The summed E-state index contributed by atoms with van der Waals surface area (Å²) in [4.78, 5) is 27.2. The standard InChI is InChI=1S/C20H22N2O3/c23-19(16-9-4-3-5-10-16)21-18(15-17-11-8-14-25-17)20(24)22-12-6-1-2-7-13-22/h3-5,8-11,14-15H,1-2,6-7,12-13H2,(H,21,23). The van der Waals surface area contributed by atoms with Gasteiger partial charge in [-0.25, -0.2) is 0 Å². The molecule has 2 amide bonds. The zero-order valence-corrected chi connectivity index (χ0v) is 14.1. The van der Waals surface area contributed by atoms with E-state index >= 15 is 0 Å². The highest BCUT2D eigenvalue weighted by Gasteiger charge is 2.22. The summed E-state index contributed by atoms with van der Waals surface area (Å²) < 4.78 is 5.32. The summed E-state index contributed by atoms with van der Waals surface area (Å²) in [5.74, 6) is 0.0655. The molecule has 130 valence electrons. The van der Waals surface area contributed by atoms with Crippen molar-refractivity contribution in [3.05, 3.63) is 65.7 Å². The monoisotopic (exact) mass is 338 g/mol. The lowest BCUT2D eigenvalue weighted by Crippen LogP contribution is -2.38. The number of hydrogen-bond donors (Lipinski definition) is 1. The third kappa shape index (κ3) is 4.59. The number of carbonyl (C=O) groups excluding carboxylic acids is 2. The summed E-state index contributed by atoms with van der Waals surface area (Å²) >= 11 is 0. The highest BCUT2D eigenvalue weighted by molar-refractivity contribution is 6.05. The molecule has 0 aliphatic carbocycles. The molecule has 0 saturated carbocycles. The third-order valence-electron chi connectivity index (χ3n) is 4.24. The number of nitrogens with zero attached hydrogens (tertiary/aromatic N) is 1. The average molecular weight is 338 g/mol. The van der Waals surface area contributed by atoms with E-state index in [0.29, 0.717) is 11.3 Å². The van der Waals surface area contributed by atoms with Crippen LogP contribution in [0.15, 0.2) is 58.8 Å². The van der Waals surface area contributed by atoms with Crippen molar-refractivity contribution in [2.24, 2.45) is 0 Å². The van der Waals surface area contributed by atoms with Gasteiger partial charge < -0.3 is 14.6 Å². The van der Waals surface area contributed by atoms with E-state index in [1.807, 2.05) is 11.0 Å². The summed E-state index contributed by atoms with van der Waals surface area (Å²) in [7, 11) is 0. The van der Waals surface area contributed by atoms with E-state index in [-0.39, 0.29) is 17.5 Å². The van der Waals surface area contributed by atoms with Crippen LogP contribution >= 0.6 is 0 Å². The fraction of sp³-hybridized carbons (Fsp3) is 0.300. The minimum absolute atomic E-state index is 0.164. The molecule has 2 aromatic rings. The summed E-state index contributed by atoms with van der Waals surface area (Å²) in [6.07, 6.45) is 7.39. The number of hydrogen-bond acceptors (Lipinski definition) is 3. The maximum Gasteiger partial charge on any atom is 0.270 e. The Hall–Kier alpha value is -2.82. The second-order valence-corrected chi connectivity index (χ2v) is 6.10. The molecule has 3 rings (SSSR count). The number of likely N-dealkylation sites (tertiary alicyclic amines) is 1. The molecule has 1 N–H and O–H groups in total. The summed E-state index contributed by atoms with van der Waals surface area (Å²) in [5, 5.41) is 2.76. The maximum absolute atomic E-state index is 12.9. The second-order valence-electron chi connectivity index (χ2n) is 6.10. The molecule has 0 bridgehead atoms. The van der Waals surface area contributed by atoms with Crippen LogP contribution in [-0.2, 0) is 4.79 Å². The van der Waals surface area contributed by atoms with Gasteiger partial charge in [0.05, 0.1) is 6.26 Å². The molecule has 5 heteroatoms. The van der Waals surface area contributed by atoms with Crippen LogP contribution in [0.1, 0.15) is 41.8 Å². The van der Waals surface area contributed by atoms with Gasteiger partial charge in [-0.15, -0.1) is 0 Å². The Kier molecular flexibility index (Phi) is 5.67. The number of amides is 2. The van der Waals surface area contributed by atoms with Gasteiger partial charge in [-0.05, 0) is 37.1 Å². The van der Waals surface area contributed by atoms with Crippen molar-refractivity contribution in [3.8, 4) is 0 Å². The minimum atomic E-state index is -0.304. The van der Waals surface area contributed by atoms with Gasteiger partial charge in [0.1, 0.15) is 11.5 Å². The van der Waals surface area contributed by atoms with Crippen molar-refractivity contribution in [1.82, 2.24) is 10.2 Å². The van der Waals surface area contributed by atoms with Gasteiger partial charge in [0.25, 0.3) is 11.8 Å². The molecule has 0 unspecified atom stereocenters.